The van der Waals surface area contributed by atoms with Crippen LogP contribution in [0.2, 0.25) is 0 Å². The molecule has 0 saturated heterocycles. The molecular formula is C10H10BrN3S. The van der Waals surface area contributed by atoms with Crippen LogP contribution in [0.3, 0.4) is 0 Å². The van der Waals surface area contributed by atoms with E-state index in [4.69, 9.17) is 5.73 Å². The normalized spacial score (nSPS) is 12.7. The monoisotopic (exact) mass is 283 g/mol. The summed E-state index contributed by atoms with van der Waals surface area (Å²) in [5, 5.41) is 5.86. The third kappa shape index (κ3) is 2.62. The molecule has 1 heterocycles. The summed E-state index contributed by atoms with van der Waals surface area (Å²) in [5.74, 6) is 0. The molecule has 5 heteroatoms. The van der Waals surface area contributed by atoms with Crippen molar-refractivity contribution in [3.63, 3.8) is 0 Å². The van der Waals surface area contributed by atoms with Crippen molar-refractivity contribution in [3.05, 3.63) is 45.4 Å². The first-order chi connectivity index (χ1) is 7.27. The molecule has 0 fully saturated rings. The van der Waals surface area contributed by atoms with Crippen LogP contribution in [0, 0.1) is 0 Å². The second-order valence-electron chi connectivity index (χ2n) is 3.23. The summed E-state index contributed by atoms with van der Waals surface area (Å²) in [6.45, 7) is 0. The van der Waals surface area contributed by atoms with Crippen LogP contribution in [0.5, 0.6) is 0 Å². The van der Waals surface area contributed by atoms with E-state index in [2.05, 4.69) is 31.6 Å². The first-order valence-corrected chi connectivity index (χ1v) is 6.16. The van der Waals surface area contributed by atoms with E-state index >= 15 is 0 Å². The lowest BCUT2D eigenvalue weighted by Crippen LogP contribution is -2.14. The van der Waals surface area contributed by atoms with Crippen molar-refractivity contribution in [2.75, 3.05) is 0 Å². The zero-order chi connectivity index (χ0) is 10.7. The summed E-state index contributed by atoms with van der Waals surface area (Å²) in [7, 11) is 0. The van der Waals surface area contributed by atoms with E-state index in [1.54, 1.807) is 0 Å². The standard InChI is InChI=1S/C10H10BrN3S/c11-8-4-2-1-3-7(8)5-9(12)10-6-15-14-13-10/h1-4,6,9H,5,12H2. The van der Waals surface area contributed by atoms with E-state index in [0.717, 1.165) is 16.6 Å². The molecule has 15 heavy (non-hydrogen) atoms. The quantitative estimate of drug-likeness (QED) is 0.942. The summed E-state index contributed by atoms with van der Waals surface area (Å²) in [6, 6.07) is 7.99. The fraction of sp³-hybridized carbons (Fsp3) is 0.200. The van der Waals surface area contributed by atoms with Crippen LogP contribution in [-0.2, 0) is 6.42 Å². The number of hydrogen-bond acceptors (Lipinski definition) is 4. The van der Waals surface area contributed by atoms with Gasteiger partial charge in [0.15, 0.2) is 0 Å². The molecule has 2 aromatic rings. The van der Waals surface area contributed by atoms with Gasteiger partial charge in [0.25, 0.3) is 0 Å². The van der Waals surface area contributed by atoms with Crippen LogP contribution in [0.1, 0.15) is 17.3 Å². The Bertz CT molecular complexity index is 430. The topological polar surface area (TPSA) is 51.8 Å². The molecule has 1 unspecified atom stereocenters. The van der Waals surface area contributed by atoms with Gasteiger partial charge in [-0.15, -0.1) is 5.10 Å². The Labute approximate surface area is 101 Å². The number of benzene rings is 1. The highest BCUT2D eigenvalue weighted by molar-refractivity contribution is 9.10. The average Bonchev–Trinajstić information content (AvgIpc) is 2.74. The predicted molar refractivity (Wildman–Crippen MR) is 64.7 cm³/mol. The highest BCUT2D eigenvalue weighted by Gasteiger charge is 2.11. The minimum absolute atomic E-state index is 0.0811. The van der Waals surface area contributed by atoms with E-state index in [1.165, 1.54) is 17.1 Å². The maximum atomic E-state index is 6.02. The van der Waals surface area contributed by atoms with E-state index < -0.39 is 0 Å². The zero-order valence-electron chi connectivity index (χ0n) is 7.93. The van der Waals surface area contributed by atoms with Gasteiger partial charge in [-0.3, -0.25) is 0 Å². The molecule has 0 amide bonds. The Kier molecular flexibility index (Phi) is 3.45. The lowest BCUT2D eigenvalue weighted by molar-refractivity contribution is 0.691. The van der Waals surface area contributed by atoms with E-state index in [9.17, 15) is 0 Å². The third-order valence-corrected chi connectivity index (χ3v) is 3.45. The van der Waals surface area contributed by atoms with Gasteiger partial charge in [0, 0.05) is 9.85 Å². The smallest absolute Gasteiger partial charge is 0.0925 e. The lowest BCUT2D eigenvalue weighted by Gasteiger charge is -2.09. The molecule has 0 spiro atoms. The first kappa shape index (κ1) is 10.7. The molecule has 2 rings (SSSR count). The number of nitrogens with two attached hydrogens (primary N) is 1. The van der Waals surface area contributed by atoms with Gasteiger partial charge in [0.2, 0.25) is 0 Å². The molecule has 78 valence electrons. The average molecular weight is 284 g/mol. The molecule has 1 aromatic carbocycles. The van der Waals surface area contributed by atoms with E-state index in [0.29, 0.717) is 0 Å². The number of nitrogens with zero attached hydrogens (tertiary/aromatic N) is 2. The summed E-state index contributed by atoms with van der Waals surface area (Å²) in [4.78, 5) is 0. The second kappa shape index (κ2) is 4.83. The van der Waals surface area contributed by atoms with Crippen LogP contribution in [-0.4, -0.2) is 9.59 Å². The van der Waals surface area contributed by atoms with Crippen molar-refractivity contribution >= 4 is 27.5 Å². The highest BCUT2D eigenvalue weighted by atomic mass is 79.9. The van der Waals surface area contributed by atoms with Gasteiger partial charge in [0.05, 0.1) is 11.7 Å². The van der Waals surface area contributed by atoms with Gasteiger partial charge < -0.3 is 5.73 Å². The molecule has 0 aliphatic heterocycles. The predicted octanol–water partition coefficient (Wildman–Crippen LogP) is 2.54. The van der Waals surface area contributed by atoms with Crippen molar-refractivity contribution in [1.29, 1.82) is 0 Å². The Morgan fingerprint density at radius 2 is 2.20 bits per heavy atom. The lowest BCUT2D eigenvalue weighted by atomic mass is 10.1. The number of hydrogen-bond donors (Lipinski definition) is 1. The van der Waals surface area contributed by atoms with Gasteiger partial charge >= 0.3 is 0 Å². The van der Waals surface area contributed by atoms with Crippen molar-refractivity contribution in [3.8, 4) is 0 Å². The fourth-order valence-electron chi connectivity index (χ4n) is 1.34. The second-order valence-corrected chi connectivity index (χ2v) is 4.70. The van der Waals surface area contributed by atoms with Gasteiger partial charge in [-0.05, 0) is 29.6 Å². The van der Waals surface area contributed by atoms with Gasteiger partial charge in [-0.25, -0.2) is 0 Å². The molecule has 0 aliphatic carbocycles. The molecule has 0 saturated carbocycles. The van der Waals surface area contributed by atoms with Gasteiger partial charge in [-0.2, -0.15) is 0 Å². The van der Waals surface area contributed by atoms with E-state index in [1.807, 2.05) is 23.6 Å². The summed E-state index contributed by atoms with van der Waals surface area (Å²) < 4.78 is 4.89. The largest absolute Gasteiger partial charge is 0.322 e. The maximum absolute atomic E-state index is 6.02. The molecule has 3 nitrogen and oxygen atoms in total. The Morgan fingerprint density at radius 3 is 2.87 bits per heavy atom. The van der Waals surface area contributed by atoms with Crippen LogP contribution < -0.4 is 5.73 Å². The van der Waals surface area contributed by atoms with Gasteiger partial charge in [0.1, 0.15) is 0 Å². The Hall–Kier alpha value is -0.780. The highest BCUT2D eigenvalue weighted by Crippen LogP contribution is 2.21. The maximum Gasteiger partial charge on any atom is 0.0925 e. The number of rotatable bonds is 3. The molecule has 1 atom stereocenters. The molecule has 1 aromatic heterocycles. The molecule has 2 N–H and O–H groups in total. The van der Waals surface area contributed by atoms with E-state index in [-0.39, 0.29) is 6.04 Å². The van der Waals surface area contributed by atoms with Gasteiger partial charge in [-0.1, -0.05) is 38.6 Å². The Morgan fingerprint density at radius 1 is 1.40 bits per heavy atom. The molecule has 0 bridgehead atoms. The van der Waals surface area contributed by atoms with Crippen molar-refractivity contribution in [1.82, 2.24) is 9.59 Å². The van der Waals surface area contributed by atoms with Crippen LogP contribution in [0.4, 0.5) is 0 Å². The minimum atomic E-state index is -0.0811. The summed E-state index contributed by atoms with van der Waals surface area (Å²) in [5.41, 5.74) is 8.07. The third-order valence-electron chi connectivity index (χ3n) is 2.15. The fourth-order valence-corrected chi connectivity index (χ4v) is 2.30. The van der Waals surface area contributed by atoms with Crippen LogP contribution in [0.25, 0.3) is 0 Å². The van der Waals surface area contributed by atoms with Crippen LogP contribution >= 0.6 is 27.5 Å². The van der Waals surface area contributed by atoms with Crippen molar-refractivity contribution in [2.45, 2.75) is 12.5 Å². The summed E-state index contributed by atoms with van der Waals surface area (Å²) >= 11 is 4.83. The number of halogens is 1. The molecule has 0 radical (unpaired) electrons. The van der Waals surface area contributed by atoms with Crippen molar-refractivity contribution < 1.29 is 0 Å². The number of aromatic nitrogens is 2. The zero-order valence-corrected chi connectivity index (χ0v) is 10.3. The SMILES string of the molecule is NC(Cc1ccccc1Br)c1csnn1. The molecule has 0 aliphatic rings. The summed E-state index contributed by atoms with van der Waals surface area (Å²) in [6.07, 6.45) is 0.771. The van der Waals surface area contributed by atoms with Crippen molar-refractivity contribution in [2.24, 2.45) is 5.73 Å². The minimum Gasteiger partial charge on any atom is -0.322 e. The Balaban J connectivity index is 2.13. The first-order valence-electron chi connectivity index (χ1n) is 4.53. The van der Waals surface area contributed by atoms with Crippen LogP contribution in [0.15, 0.2) is 34.1 Å². The molecular weight excluding hydrogens is 274 g/mol.